The van der Waals surface area contributed by atoms with Crippen LogP contribution in [0.2, 0.25) is 0 Å². The SMILES string of the molecule is OCCn1nc(-c2ccc(O)cc2)c2cc(F)ccc21. The van der Waals surface area contributed by atoms with Crippen LogP contribution < -0.4 is 0 Å². The van der Waals surface area contributed by atoms with Crippen LogP contribution in [-0.4, -0.2) is 26.6 Å². The number of phenols is 1. The Hall–Kier alpha value is -2.40. The van der Waals surface area contributed by atoms with Gasteiger partial charge in [-0.1, -0.05) is 0 Å². The Morgan fingerprint density at radius 1 is 1.10 bits per heavy atom. The van der Waals surface area contributed by atoms with Crippen molar-refractivity contribution in [2.45, 2.75) is 6.54 Å². The number of aliphatic hydroxyl groups excluding tert-OH is 1. The third-order valence-electron chi connectivity index (χ3n) is 3.17. The van der Waals surface area contributed by atoms with Gasteiger partial charge in [0.2, 0.25) is 0 Å². The fourth-order valence-electron chi connectivity index (χ4n) is 2.25. The molecular formula is C15H13FN2O2. The number of hydrogen-bond donors (Lipinski definition) is 2. The molecule has 0 fully saturated rings. The normalized spacial score (nSPS) is 11.1. The summed E-state index contributed by atoms with van der Waals surface area (Å²) >= 11 is 0. The van der Waals surface area contributed by atoms with Gasteiger partial charge in [-0.25, -0.2) is 4.39 Å². The number of fused-ring (bicyclic) bond motifs is 1. The minimum atomic E-state index is -0.332. The van der Waals surface area contributed by atoms with E-state index >= 15 is 0 Å². The van der Waals surface area contributed by atoms with Gasteiger partial charge in [-0.05, 0) is 42.5 Å². The van der Waals surface area contributed by atoms with Crippen LogP contribution in [0.5, 0.6) is 5.75 Å². The molecule has 102 valence electrons. The predicted molar refractivity (Wildman–Crippen MR) is 73.9 cm³/mol. The van der Waals surface area contributed by atoms with Crippen molar-refractivity contribution < 1.29 is 14.6 Å². The molecule has 3 aromatic rings. The van der Waals surface area contributed by atoms with E-state index in [1.807, 2.05) is 0 Å². The molecule has 0 atom stereocenters. The Morgan fingerprint density at radius 2 is 1.85 bits per heavy atom. The second-order valence-electron chi connectivity index (χ2n) is 4.50. The van der Waals surface area contributed by atoms with E-state index in [1.54, 1.807) is 35.0 Å². The van der Waals surface area contributed by atoms with Gasteiger partial charge < -0.3 is 10.2 Å². The average molecular weight is 272 g/mol. The van der Waals surface area contributed by atoms with Gasteiger partial charge in [-0.15, -0.1) is 0 Å². The molecule has 1 aromatic heterocycles. The van der Waals surface area contributed by atoms with Crippen molar-refractivity contribution in [2.24, 2.45) is 0 Å². The molecule has 0 radical (unpaired) electrons. The van der Waals surface area contributed by atoms with Crippen LogP contribution in [0.4, 0.5) is 4.39 Å². The quantitative estimate of drug-likeness (QED) is 0.770. The molecular weight excluding hydrogens is 259 g/mol. The van der Waals surface area contributed by atoms with E-state index in [1.165, 1.54) is 12.1 Å². The molecule has 20 heavy (non-hydrogen) atoms. The highest BCUT2D eigenvalue weighted by Gasteiger charge is 2.13. The van der Waals surface area contributed by atoms with E-state index < -0.39 is 0 Å². The number of hydrogen-bond acceptors (Lipinski definition) is 3. The van der Waals surface area contributed by atoms with Crippen LogP contribution in [-0.2, 0) is 6.54 Å². The molecule has 0 aliphatic rings. The number of aliphatic hydroxyl groups is 1. The maximum Gasteiger partial charge on any atom is 0.124 e. The number of aromatic hydroxyl groups is 1. The van der Waals surface area contributed by atoms with Gasteiger partial charge in [0.1, 0.15) is 17.3 Å². The molecule has 0 saturated carbocycles. The molecule has 4 nitrogen and oxygen atoms in total. The Bertz CT molecular complexity index is 750. The zero-order chi connectivity index (χ0) is 14.1. The molecule has 0 bridgehead atoms. The molecule has 0 amide bonds. The summed E-state index contributed by atoms with van der Waals surface area (Å²) in [6, 6.07) is 11.0. The molecule has 2 N–H and O–H groups in total. The largest absolute Gasteiger partial charge is 0.508 e. The summed E-state index contributed by atoms with van der Waals surface area (Å²) in [5, 5.41) is 23.5. The van der Waals surface area contributed by atoms with E-state index in [-0.39, 0.29) is 18.2 Å². The second kappa shape index (κ2) is 4.94. The van der Waals surface area contributed by atoms with Crippen molar-refractivity contribution in [1.29, 1.82) is 0 Å². The van der Waals surface area contributed by atoms with Crippen molar-refractivity contribution in [2.75, 3.05) is 6.61 Å². The van der Waals surface area contributed by atoms with Crippen LogP contribution in [0.15, 0.2) is 42.5 Å². The minimum absolute atomic E-state index is 0.0385. The Morgan fingerprint density at radius 3 is 2.55 bits per heavy atom. The monoisotopic (exact) mass is 272 g/mol. The van der Waals surface area contributed by atoms with Crippen LogP contribution in [0.3, 0.4) is 0 Å². The molecule has 3 rings (SSSR count). The molecule has 0 aliphatic heterocycles. The topological polar surface area (TPSA) is 58.3 Å². The average Bonchev–Trinajstić information content (AvgIpc) is 2.78. The molecule has 0 unspecified atom stereocenters. The number of rotatable bonds is 3. The Balaban J connectivity index is 2.23. The summed E-state index contributed by atoms with van der Waals surface area (Å²) in [6.45, 7) is 0.309. The lowest BCUT2D eigenvalue weighted by Crippen LogP contribution is -2.03. The summed E-state index contributed by atoms with van der Waals surface area (Å²) < 4.78 is 15.1. The number of nitrogens with zero attached hydrogens (tertiary/aromatic N) is 2. The van der Waals surface area contributed by atoms with E-state index in [2.05, 4.69) is 5.10 Å². The zero-order valence-corrected chi connectivity index (χ0v) is 10.6. The van der Waals surface area contributed by atoms with Crippen LogP contribution in [0.1, 0.15) is 0 Å². The van der Waals surface area contributed by atoms with Crippen molar-refractivity contribution in [1.82, 2.24) is 9.78 Å². The number of aromatic nitrogens is 2. The maximum absolute atomic E-state index is 13.5. The molecule has 0 aliphatic carbocycles. The van der Waals surface area contributed by atoms with Gasteiger partial charge in [0.25, 0.3) is 0 Å². The summed E-state index contributed by atoms with van der Waals surface area (Å²) in [4.78, 5) is 0. The fraction of sp³-hybridized carbons (Fsp3) is 0.133. The highest BCUT2D eigenvalue weighted by molar-refractivity contribution is 5.93. The number of phenolic OH excluding ortho intramolecular Hbond substituents is 1. The van der Waals surface area contributed by atoms with E-state index in [4.69, 9.17) is 5.11 Å². The highest BCUT2D eigenvalue weighted by Crippen LogP contribution is 2.29. The first kappa shape index (κ1) is 12.6. The van der Waals surface area contributed by atoms with E-state index in [0.717, 1.165) is 11.1 Å². The molecule has 5 heteroatoms. The maximum atomic E-state index is 13.5. The predicted octanol–water partition coefficient (Wildman–Crippen LogP) is 2.54. The van der Waals surface area contributed by atoms with Gasteiger partial charge >= 0.3 is 0 Å². The van der Waals surface area contributed by atoms with Gasteiger partial charge in [0.15, 0.2) is 0 Å². The second-order valence-corrected chi connectivity index (χ2v) is 4.50. The van der Waals surface area contributed by atoms with Gasteiger partial charge in [0.05, 0.1) is 18.7 Å². The zero-order valence-electron chi connectivity index (χ0n) is 10.6. The first-order valence-electron chi connectivity index (χ1n) is 6.25. The summed E-state index contributed by atoms with van der Waals surface area (Å²) in [7, 11) is 0. The van der Waals surface area contributed by atoms with Crippen LogP contribution in [0.25, 0.3) is 22.2 Å². The fourth-order valence-corrected chi connectivity index (χ4v) is 2.25. The smallest absolute Gasteiger partial charge is 0.124 e. The number of halogens is 1. The van der Waals surface area contributed by atoms with Crippen molar-refractivity contribution in [3.8, 4) is 17.0 Å². The lowest BCUT2D eigenvalue weighted by molar-refractivity contribution is 0.272. The Kier molecular flexibility index (Phi) is 3.12. The number of benzene rings is 2. The third-order valence-corrected chi connectivity index (χ3v) is 3.17. The van der Waals surface area contributed by atoms with E-state index in [9.17, 15) is 9.50 Å². The van der Waals surface area contributed by atoms with Crippen molar-refractivity contribution in [3.63, 3.8) is 0 Å². The van der Waals surface area contributed by atoms with Crippen molar-refractivity contribution in [3.05, 3.63) is 48.3 Å². The Labute approximate surface area is 114 Å². The lowest BCUT2D eigenvalue weighted by atomic mass is 10.1. The van der Waals surface area contributed by atoms with Gasteiger partial charge in [-0.3, -0.25) is 4.68 Å². The van der Waals surface area contributed by atoms with Crippen LogP contribution >= 0.6 is 0 Å². The first-order chi connectivity index (χ1) is 9.69. The molecule has 2 aromatic carbocycles. The summed E-state index contributed by atoms with van der Waals surface area (Å²) in [5.74, 6) is -0.167. The molecule has 0 saturated heterocycles. The minimum Gasteiger partial charge on any atom is -0.508 e. The third kappa shape index (κ3) is 2.12. The first-order valence-corrected chi connectivity index (χ1v) is 6.25. The van der Waals surface area contributed by atoms with E-state index in [0.29, 0.717) is 17.6 Å². The standard InChI is InChI=1S/C15H13FN2O2/c16-11-3-6-14-13(9-11)15(17-18(14)7-8-19)10-1-4-12(20)5-2-10/h1-6,9,19-20H,7-8H2. The lowest BCUT2D eigenvalue weighted by Gasteiger charge is -1.99. The summed E-state index contributed by atoms with van der Waals surface area (Å²) in [5.41, 5.74) is 2.19. The van der Waals surface area contributed by atoms with Crippen LogP contribution in [0, 0.1) is 5.82 Å². The molecule has 1 heterocycles. The van der Waals surface area contributed by atoms with Gasteiger partial charge in [-0.2, -0.15) is 5.10 Å². The van der Waals surface area contributed by atoms with Crippen molar-refractivity contribution >= 4 is 10.9 Å². The summed E-state index contributed by atoms with van der Waals surface area (Å²) in [6.07, 6.45) is 0. The van der Waals surface area contributed by atoms with Gasteiger partial charge in [0, 0.05) is 10.9 Å². The highest BCUT2D eigenvalue weighted by atomic mass is 19.1. The molecule has 0 spiro atoms.